The number of piperazine rings is 1. The molecule has 1 N–H and O–H groups in total. The monoisotopic (exact) mass is 581 g/mol. The summed E-state index contributed by atoms with van der Waals surface area (Å²) in [5.41, 5.74) is 1.01. The van der Waals surface area contributed by atoms with Crippen LogP contribution in [0, 0.1) is 15.9 Å². The van der Waals surface area contributed by atoms with Crippen LogP contribution >= 0.6 is 27.3 Å². The van der Waals surface area contributed by atoms with E-state index in [0.29, 0.717) is 48.6 Å². The number of aliphatic hydroxyl groups is 1. The van der Waals surface area contributed by atoms with E-state index < -0.39 is 29.0 Å². The van der Waals surface area contributed by atoms with Crippen LogP contribution in [0.3, 0.4) is 0 Å². The fourth-order valence-corrected chi connectivity index (χ4v) is 6.04. The van der Waals surface area contributed by atoms with Gasteiger partial charge in [-0.05, 0) is 40.2 Å². The van der Waals surface area contributed by atoms with Gasteiger partial charge >= 0.3 is 11.1 Å². The van der Waals surface area contributed by atoms with Crippen molar-refractivity contribution in [3.05, 3.63) is 67.6 Å². The molecule has 0 aliphatic carbocycles. The molecule has 0 saturated carbocycles. The van der Waals surface area contributed by atoms with Crippen LogP contribution in [0.1, 0.15) is 16.7 Å². The van der Waals surface area contributed by atoms with Crippen molar-refractivity contribution in [2.24, 2.45) is 0 Å². The van der Waals surface area contributed by atoms with Crippen molar-refractivity contribution >= 4 is 49.7 Å². The number of rotatable bonds is 7. The zero-order chi connectivity index (χ0) is 25.4. The first-order valence-corrected chi connectivity index (χ1v) is 12.7. The number of anilines is 2. The fourth-order valence-electron chi connectivity index (χ4n) is 4.32. The molecule has 0 spiro atoms. The van der Waals surface area contributed by atoms with Crippen LogP contribution in [0.2, 0.25) is 0 Å². The van der Waals surface area contributed by atoms with Crippen LogP contribution in [-0.2, 0) is 11.3 Å². The molecule has 4 heterocycles. The number of hydrogen-bond donors (Lipinski definition) is 1. The lowest BCUT2D eigenvalue weighted by Gasteiger charge is -2.36. The number of carbonyl (C=O) groups excluding carboxylic acids is 1. The van der Waals surface area contributed by atoms with Crippen molar-refractivity contribution in [1.29, 1.82) is 0 Å². The van der Waals surface area contributed by atoms with Crippen molar-refractivity contribution in [2.45, 2.75) is 18.8 Å². The Hall–Kier alpha value is -3.07. The number of carbonyl (C=O) groups is 1. The van der Waals surface area contributed by atoms with Crippen LogP contribution in [0.25, 0.3) is 0 Å². The maximum atomic E-state index is 15.1. The molecule has 2 aliphatic heterocycles. The van der Waals surface area contributed by atoms with Gasteiger partial charge in [-0.15, -0.1) is 0 Å². The molecule has 0 radical (unpaired) electrons. The number of aromatic nitrogens is 1. The average Bonchev–Trinajstić information content (AvgIpc) is 3.60. The van der Waals surface area contributed by atoms with Gasteiger partial charge in [0.1, 0.15) is 28.4 Å². The first kappa shape index (κ1) is 24.6. The summed E-state index contributed by atoms with van der Waals surface area (Å²) in [5, 5.41) is 25.2. The summed E-state index contributed by atoms with van der Waals surface area (Å²) in [6, 6.07) is 7.83. The first-order valence-electron chi connectivity index (χ1n) is 11.1. The van der Waals surface area contributed by atoms with Crippen molar-refractivity contribution < 1.29 is 28.5 Å². The zero-order valence-corrected chi connectivity index (χ0v) is 21.2. The molecule has 190 valence electrons. The SMILES string of the molecule is O=C1OC(C(O)c2ccon2)CN1c1ccc(N2CCN(Cc3cc(Br)c([N+](=O)[O-])s3)CC2)c(F)c1. The van der Waals surface area contributed by atoms with Gasteiger partial charge in [-0.3, -0.25) is 19.9 Å². The third-order valence-electron chi connectivity index (χ3n) is 6.17. The lowest BCUT2D eigenvalue weighted by atomic mass is 10.1. The molecule has 5 rings (SSSR count). The molecule has 36 heavy (non-hydrogen) atoms. The molecule has 2 aromatic heterocycles. The maximum Gasteiger partial charge on any atom is 0.414 e. The summed E-state index contributed by atoms with van der Waals surface area (Å²) >= 11 is 4.38. The third kappa shape index (κ3) is 4.93. The predicted octanol–water partition coefficient (Wildman–Crippen LogP) is 3.93. The summed E-state index contributed by atoms with van der Waals surface area (Å²) in [6.07, 6.45) is -1.37. The Kier molecular flexibility index (Phi) is 6.92. The lowest BCUT2D eigenvalue weighted by Crippen LogP contribution is -2.46. The van der Waals surface area contributed by atoms with Gasteiger partial charge in [-0.25, -0.2) is 9.18 Å². The van der Waals surface area contributed by atoms with Crippen molar-refractivity contribution in [3.8, 4) is 0 Å². The second-order valence-corrected chi connectivity index (χ2v) is 10.4. The van der Waals surface area contributed by atoms with Gasteiger partial charge in [-0.2, -0.15) is 0 Å². The number of cyclic esters (lactones) is 1. The number of thiophene rings is 1. The Bertz CT molecular complexity index is 1270. The summed E-state index contributed by atoms with van der Waals surface area (Å²) in [5.74, 6) is -0.466. The van der Waals surface area contributed by atoms with Crippen molar-refractivity contribution in [2.75, 3.05) is 42.5 Å². The minimum absolute atomic E-state index is 0.0430. The molecule has 11 nitrogen and oxygen atoms in total. The molecule has 0 bridgehead atoms. The summed E-state index contributed by atoms with van der Waals surface area (Å²) in [4.78, 5) is 29.3. The second-order valence-electron chi connectivity index (χ2n) is 8.42. The number of aliphatic hydroxyl groups excluding tert-OH is 1. The van der Waals surface area contributed by atoms with Crippen LogP contribution in [0.5, 0.6) is 0 Å². The van der Waals surface area contributed by atoms with Crippen LogP contribution in [0.15, 0.2) is 45.6 Å². The van der Waals surface area contributed by atoms with E-state index in [-0.39, 0.29) is 17.2 Å². The number of hydrogen-bond acceptors (Lipinski definition) is 10. The van der Waals surface area contributed by atoms with E-state index in [1.807, 2.05) is 4.90 Å². The molecular formula is C22H21BrFN5O6S. The average molecular weight is 582 g/mol. The van der Waals surface area contributed by atoms with E-state index in [2.05, 4.69) is 26.0 Å². The predicted molar refractivity (Wildman–Crippen MR) is 132 cm³/mol. The molecule has 1 aromatic carbocycles. The highest BCUT2D eigenvalue weighted by atomic mass is 79.9. The van der Waals surface area contributed by atoms with E-state index in [1.165, 1.54) is 23.3 Å². The number of ether oxygens (including phenoxy) is 1. The van der Waals surface area contributed by atoms with E-state index in [1.54, 1.807) is 18.2 Å². The highest BCUT2D eigenvalue weighted by Gasteiger charge is 2.38. The van der Waals surface area contributed by atoms with Gasteiger partial charge in [0.25, 0.3) is 0 Å². The minimum atomic E-state index is -1.15. The highest BCUT2D eigenvalue weighted by Crippen LogP contribution is 2.35. The largest absolute Gasteiger partial charge is 0.441 e. The van der Waals surface area contributed by atoms with E-state index in [0.717, 1.165) is 16.2 Å². The van der Waals surface area contributed by atoms with E-state index in [4.69, 9.17) is 9.26 Å². The topological polar surface area (TPSA) is 125 Å². The zero-order valence-electron chi connectivity index (χ0n) is 18.8. The smallest absolute Gasteiger partial charge is 0.414 e. The third-order valence-corrected chi connectivity index (χ3v) is 8.11. The molecule has 2 fully saturated rings. The Morgan fingerprint density at radius 3 is 2.69 bits per heavy atom. The number of nitrogens with zero attached hydrogens (tertiary/aromatic N) is 5. The molecule has 2 atom stereocenters. The molecular weight excluding hydrogens is 561 g/mol. The minimum Gasteiger partial charge on any atom is -0.441 e. The van der Waals surface area contributed by atoms with Gasteiger partial charge in [0.15, 0.2) is 6.10 Å². The Labute approximate surface area is 216 Å². The van der Waals surface area contributed by atoms with Gasteiger partial charge in [0, 0.05) is 43.7 Å². The molecule has 1 amide bonds. The summed E-state index contributed by atoms with van der Waals surface area (Å²) in [6.45, 7) is 3.15. The first-order chi connectivity index (χ1) is 17.3. The molecule has 2 unspecified atom stereocenters. The molecule has 2 aliphatic rings. The lowest BCUT2D eigenvalue weighted by molar-refractivity contribution is -0.380. The number of halogens is 2. The molecule has 2 saturated heterocycles. The quantitative estimate of drug-likeness (QED) is 0.326. The second kappa shape index (κ2) is 10.1. The van der Waals surface area contributed by atoms with Gasteiger partial charge in [0.05, 0.1) is 22.8 Å². The Morgan fingerprint density at radius 2 is 2.06 bits per heavy atom. The summed E-state index contributed by atoms with van der Waals surface area (Å²) < 4.78 is 25.6. The van der Waals surface area contributed by atoms with E-state index >= 15 is 4.39 Å². The summed E-state index contributed by atoms with van der Waals surface area (Å²) in [7, 11) is 0. The van der Waals surface area contributed by atoms with Gasteiger partial charge < -0.3 is 19.3 Å². The van der Waals surface area contributed by atoms with Crippen molar-refractivity contribution in [1.82, 2.24) is 10.1 Å². The Balaban J connectivity index is 1.20. The van der Waals surface area contributed by atoms with Crippen molar-refractivity contribution in [3.63, 3.8) is 0 Å². The molecule has 3 aromatic rings. The maximum absolute atomic E-state index is 15.1. The molecule has 14 heteroatoms. The van der Waals surface area contributed by atoms with Crippen LogP contribution < -0.4 is 9.80 Å². The standard InChI is InChI=1S/C22H21BrFN5O6S/c23-15-10-14(36-21(15)29(32)33)11-26-4-6-27(7-5-26)18-2-1-13(9-16(18)24)28-12-19(35-22(28)31)20(30)17-3-8-34-25-17/h1-3,8-10,19-20,30H,4-7,11-12H2. The van der Waals surface area contributed by atoms with Crippen LogP contribution in [0.4, 0.5) is 25.6 Å². The van der Waals surface area contributed by atoms with Gasteiger partial charge in [0.2, 0.25) is 0 Å². The normalized spacial score (nSPS) is 19.5. The number of nitro groups is 1. The Morgan fingerprint density at radius 1 is 1.28 bits per heavy atom. The van der Waals surface area contributed by atoms with E-state index in [9.17, 15) is 20.0 Å². The number of benzene rings is 1. The van der Waals surface area contributed by atoms with Crippen LogP contribution in [-0.4, -0.2) is 65.0 Å². The number of amides is 1. The highest BCUT2D eigenvalue weighted by molar-refractivity contribution is 9.10. The van der Waals surface area contributed by atoms with Gasteiger partial charge in [-0.1, -0.05) is 16.5 Å². The fraction of sp³-hybridized carbons (Fsp3) is 0.364.